The normalized spacial score (nSPS) is 14.3. The first kappa shape index (κ1) is 13.1. The smallest absolute Gasteiger partial charge is 0.0351 e. The van der Waals surface area contributed by atoms with E-state index in [1.807, 2.05) is 11.3 Å². The molecule has 0 bridgehead atoms. The molecule has 21 heavy (non-hydrogen) atoms. The summed E-state index contributed by atoms with van der Waals surface area (Å²) in [4.78, 5) is 1.54. The zero-order chi connectivity index (χ0) is 14.2. The molecule has 1 heterocycles. The average Bonchev–Trinajstić information content (AvgIpc) is 2.85. The molecule has 1 aliphatic rings. The minimum Gasteiger partial charge on any atom is -0.140 e. The standard InChI is InChI=1S/C20H20S/c1-14-19(13-15-7-3-2-4-8-15)21-18-12-11-16-9-5-6-10-17(16)20(14)18/h2-4,7-8,11-12H,5-6,9-10,13H2,1H3. The van der Waals surface area contributed by atoms with Crippen molar-refractivity contribution in [3.8, 4) is 0 Å². The Morgan fingerprint density at radius 3 is 2.62 bits per heavy atom. The lowest BCUT2D eigenvalue weighted by Crippen LogP contribution is -2.02. The van der Waals surface area contributed by atoms with Crippen molar-refractivity contribution in [3.63, 3.8) is 0 Å². The van der Waals surface area contributed by atoms with Gasteiger partial charge in [-0.25, -0.2) is 0 Å². The lowest BCUT2D eigenvalue weighted by atomic mass is 9.88. The van der Waals surface area contributed by atoms with Gasteiger partial charge in [-0.2, -0.15) is 0 Å². The molecule has 0 aliphatic heterocycles. The third kappa shape index (κ3) is 2.30. The lowest BCUT2D eigenvalue weighted by Gasteiger charge is -2.17. The van der Waals surface area contributed by atoms with E-state index < -0.39 is 0 Å². The van der Waals surface area contributed by atoms with E-state index in [2.05, 4.69) is 49.4 Å². The van der Waals surface area contributed by atoms with Crippen LogP contribution in [0.15, 0.2) is 42.5 Å². The van der Waals surface area contributed by atoms with Gasteiger partial charge >= 0.3 is 0 Å². The molecular weight excluding hydrogens is 272 g/mol. The molecule has 1 heteroatoms. The van der Waals surface area contributed by atoms with Gasteiger partial charge in [-0.05, 0) is 66.3 Å². The monoisotopic (exact) mass is 292 g/mol. The Balaban J connectivity index is 1.83. The van der Waals surface area contributed by atoms with E-state index in [1.54, 1.807) is 16.5 Å². The molecule has 0 N–H and O–H groups in total. The fourth-order valence-electron chi connectivity index (χ4n) is 3.60. The number of hydrogen-bond donors (Lipinski definition) is 0. The number of benzene rings is 2. The van der Waals surface area contributed by atoms with Crippen molar-refractivity contribution < 1.29 is 0 Å². The Kier molecular flexibility index (Phi) is 3.31. The van der Waals surface area contributed by atoms with E-state index in [4.69, 9.17) is 0 Å². The summed E-state index contributed by atoms with van der Waals surface area (Å²) < 4.78 is 1.49. The van der Waals surface area contributed by atoms with Crippen LogP contribution in [-0.4, -0.2) is 0 Å². The first-order chi connectivity index (χ1) is 10.3. The number of rotatable bonds is 2. The number of hydrogen-bond acceptors (Lipinski definition) is 1. The van der Waals surface area contributed by atoms with Gasteiger partial charge in [0.15, 0.2) is 0 Å². The van der Waals surface area contributed by atoms with Gasteiger partial charge in [0.2, 0.25) is 0 Å². The highest BCUT2D eigenvalue weighted by molar-refractivity contribution is 7.19. The van der Waals surface area contributed by atoms with Gasteiger partial charge in [-0.3, -0.25) is 0 Å². The van der Waals surface area contributed by atoms with Crippen LogP contribution in [0, 0.1) is 6.92 Å². The molecule has 3 aromatic rings. The molecule has 4 rings (SSSR count). The highest BCUT2D eigenvalue weighted by Crippen LogP contribution is 2.38. The molecule has 1 aromatic heterocycles. The molecular formula is C20H20S. The van der Waals surface area contributed by atoms with Crippen molar-refractivity contribution in [1.29, 1.82) is 0 Å². The maximum atomic E-state index is 2.37. The number of fused-ring (bicyclic) bond motifs is 3. The Morgan fingerprint density at radius 1 is 0.952 bits per heavy atom. The van der Waals surface area contributed by atoms with Crippen molar-refractivity contribution in [3.05, 3.63) is 69.6 Å². The SMILES string of the molecule is Cc1c(Cc2ccccc2)sc2ccc3c(c12)CCCC3. The molecule has 0 saturated carbocycles. The van der Waals surface area contributed by atoms with E-state index in [1.165, 1.54) is 46.4 Å². The summed E-state index contributed by atoms with van der Waals surface area (Å²) in [6, 6.07) is 15.6. The Labute approximate surface area is 130 Å². The third-order valence-corrected chi connectivity index (χ3v) is 5.99. The zero-order valence-corrected chi connectivity index (χ0v) is 13.3. The summed E-state index contributed by atoms with van der Waals surface area (Å²) in [5.74, 6) is 0. The van der Waals surface area contributed by atoms with Crippen LogP contribution < -0.4 is 0 Å². The minimum atomic E-state index is 1.07. The quantitative estimate of drug-likeness (QED) is 0.570. The molecule has 0 saturated heterocycles. The molecule has 0 nitrogen and oxygen atoms in total. The second-order valence-electron chi connectivity index (χ2n) is 6.10. The van der Waals surface area contributed by atoms with E-state index in [9.17, 15) is 0 Å². The lowest BCUT2D eigenvalue weighted by molar-refractivity contribution is 0.690. The van der Waals surface area contributed by atoms with Gasteiger partial charge in [0.05, 0.1) is 0 Å². The summed E-state index contributed by atoms with van der Waals surface area (Å²) in [7, 11) is 0. The zero-order valence-electron chi connectivity index (χ0n) is 12.5. The van der Waals surface area contributed by atoms with Crippen molar-refractivity contribution in [1.82, 2.24) is 0 Å². The molecule has 0 unspecified atom stereocenters. The number of aryl methyl sites for hydroxylation is 3. The number of thiophene rings is 1. The summed E-state index contributed by atoms with van der Waals surface area (Å²) >= 11 is 1.99. The Hall–Kier alpha value is -1.60. The molecule has 0 atom stereocenters. The second-order valence-corrected chi connectivity index (χ2v) is 7.23. The molecule has 1 aliphatic carbocycles. The van der Waals surface area contributed by atoms with Gasteiger partial charge in [-0.15, -0.1) is 11.3 Å². The van der Waals surface area contributed by atoms with E-state index >= 15 is 0 Å². The highest BCUT2D eigenvalue weighted by Gasteiger charge is 2.17. The summed E-state index contributed by atoms with van der Waals surface area (Å²) in [5, 5.41) is 1.57. The first-order valence-electron chi connectivity index (χ1n) is 7.89. The predicted molar refractivity (Wildman–Crippen MR) is 92.5 cm³/mol. The minimum absolute atomic E-state index is 1.07. The topological polar surface area (TPSA) is 0 Å². The maximum absolute atomic E-state index is 2.37. The summed E-state index contributed by atoms with van der Waals surface area (Å²) in [6.45, 7) is 2.33. The Morgan fingerprint density at radius 2 is 1.76 bits per heavy atom. The van der Waals surface area contributed by atoms with Gasteiger partial charge in [-0.1, -0.05) is 36.4 Å². The van der Waals surface area contributed by atoms with Crippen LogP contribution in [0.4, 0.5) is 0 Å². The van der Waals surface area contributed by atoms with Crippen molar-refractivity contribution in [2.75, 3.05) is 0 Å². The van der Waals surface area contributed by atoms with Crippen LogP contribution in [0.2, 0.25) is 0 Å². The first-order valence-corrected chi connectivity index (χ1v) is 8.71. The van der Waals surface area contributed by atoms with Gasteiger partial charge in [0.25, 0.3) is 0 Å². The van der Waals surface area contributed by atoms with Crippen molar-refractivity contribution in [2.45, 2.75) is 39.0 Å². The molecule has 106 valence electrons. The van der Waals surface area contributed by atoms with Crippen LogP contribution in [0.3, 0.4) is 0 Å². The van der Waals surface area contributed by atoms with Crippen molar-refractivity contribution in [2.24, 2.45) is 0 Å². The molecule has 0 fully saturated rings. The van der Waals surface area contributed by atoms with E-state index in [0.29, 0.717) is 0 Å². The van der Waals surface area contributed by atoms with Crippen LogP contribution in [0.5, 0.6) is 0 Å². The molecule has 2 aromatic carbocycles. The molecule has 0 radical (unpaired) electrons. The van der Waals surface area contributed by atoms with E-state index in [-0.39, 0.29) is 0 Å². The highest BCUT2D eigenvalue weighted by atomic mass is 32.1. The second kappa shape index (κ2) is 5.31. The summed E-state index contributed by atoms with van der Waals surface area (Å²) in [6.07, 6.45) is 6.33. The van der Waals surface area contributed by atoms with Crippen molar-refractivity contribution >= 4 is 21.4 Å². The molecule has 0 amide bonds. The summed E-state index contributed by atoms with van der Waals surface area (Å²) in [5.41, 5.74) is 6.19. The van der Waals surface area contributed by atoms with E-state index in [0.717, 1.165) is 6.42 Å². The average molecular weight is 292 g/mol. The van der Waals surface area contributed by atoms with Crippen LogP contribution in [0.25, 0.3) is 10.1 Å². The van der Waals surface area contributed by atoms with Crippen LogP contribution >= 0.6 is 11.3 Å². The van der Waals surface area contributed by atoms with Crippen LogP contribution in [-0.2, 0) is 19.3 Å². The third-order valence-electron chi connectivity index (χ3n) is 4.73. The Bertz CT molecular complexity index is 780. The predicted octanol–water partition coefficient (Wildman–Crippen LogP) is 5.68. The largest absolute Gasteiger partial charge is 0.140 e. The van der Waals surface area contributed by atoms with Crippen LogP contribution in [0.1, 0.15) is 40.0 Å². The van der Waals surface area contributed by atoms with Gasteiger partial charge in [0.1, 0.15) is 0 Å². The van der Waals surface area contributed by atoms with Gasteiger partial charge < -0.3 is 0 Å². The molecule has 0 spiro atoms. The fourth-order valence-corrected chi connectivity index (χ4v) is 4.88. The maximum Gasteiger partial charge on any atom is 0.0351 e. The van der Waals surface area contributed by atoms with Gasteiger partial charge in [0, 0.05) is 16.0 Å². The fraction of sp³-hybridized carbons (Fsp3) is 0.300.